The molecule has 2 aromatic rings. The van der Waals surface area contributed by atoms with E-state index in [-0.39, 0.29) is 29.1 Å². The first-order valence-electron chi connectivity index (χ1n) is 7.56. The van der Waals surface area contributed by atoms with E-state index in [0.29, 0.717) is 17.7 Å². The fourth-order valence-electron chi connectivity index (χ4n) is 2.63. The molecule has 0 radical (unpaired) electrons. The largest absolute Gasteiger partial charge is 0.325 e. The number of anilines is 1. The van der Waals surface area contributed by atoms with Gasteiger partial charge in [-0.15, -0.1) is 0 Å². The molecule has 0 aromatic heterocycles. The number of benzene rings is 2. The summed E-state index contributed by atoms with van der Waals surface area (Å²) in [5, 5.41) is 2.71. The lowest BCUT2D eigenvalue weighted by atomic mass is 10.0. The van der Waals surface area contributed by atoms with Gasteiger partial charge in [-0.05, 0) is 54.8 Å². The molecule has 1 amide bonds. The van der Waals surface area contributed by atoms with Crippen molar-refractivity contribution in [2.24, 2.45) is 0 Å². The predicted molar refractivity (Wildman–Crippen MR) is 88.8 cm³/mol. The summed E-state index contributed by atoms with van der Waals surface area (Å²) in [6.45, 7) is 1.94. The Morgan fingerprint density at radius 1 is 1.17 bits per heavy atom. The zero-order valence-electron chi connectivity index (χ0n) is 13.0. The van der Waals surface area contributed by atoms with Gasteiger partial charge in [-0.2, -0.15) is 0 Å². The van der Waals surface area contributed by atoms with Crippen molar-refractivity contribution in [2.45, 2.75) is 24.2 Å². The highest BCUT2D eigenvalue weighted by Gasteiger charge is 2.28. The minimum absolute atomic E-state index is 0.128. The van der Waals surface area contributed by atoms with Gasteiger partial charge >= 0.3 is 0 Å². The van der Waals surface area contributed by atoms with Gasteiger partial charge in [0.2, 0.25) is 15.9 Å². The third kappa shape index (κ3) is 3.32. The Bertz CT molecular complexity index is 879. The molecule has 1 aliphatic heterocycles. The molecule has 2 N–H and O–H groups in total. The van der Waals surface area contributed by atoms with Gasteiger partial charge in [-0.3, -0.25) is 4.79 Å². The molecule has 126 valence electrons. The molecule has 5 nitrogen and oxygen atoms in total. The molecule has 0 bridgehead atoms. The zero-order chi connectivity index (χ0) is 17.3. The molecule has 1 aliphatic rings. The van der Waals surface area contributed by atoms with E-state index >= 15 is 0 Å². The summed E-state index contributed by atoms with van der Waals surface area (Å²) in [6, 6.07) is 10.5. The number of sulfonamides is 1. The van der Waals surface area contributed by atoms with E-state index in [4.69, 9.17) is 0 Å². The summed E-state index contributed by atoms with van der Waals surface area (Å²) in [5.74, 6) is -0.826. The Kier molecular flexibility index (Phi) is 4.38. The first-order chi connectivity index (χ1) is 11.4. The van der Waals surface area contributed by atoms with Crippen LogP contribution < -0.4 is 10.0 Å². The van der Waals surface area contributed by atoms with Crippen molar-refractivity contribution in [3.05, 3.63) is 59.4 Å². The fraction of sp³-hybridized carbons (Fsp3) is 0.235. The van der Waals surface area contributed by atoms with Gasteiger partial charge in [0.25, 0.3) is 0 Å². The standard InChI is InChI=1S/C17H17FN2O3S/c1-11-15-10-14(6-7-16(15)20-17(11)21)24(22,23)19-9-8-12-2-4-13(18)5-3-12/h2-7,10-11,19H,8-9H2,1H3,(H,20,21)/t11-/m0/s1. The molecule has 0 spiro atoms. The maximum absolute atomic E-state index is 12.8. The van der Waals surface area contributed by atoms with Crippen molar-refractivity contribution < 1.29 is 17.6 Å². The lowest BCUT2D eigenvalue weighted by Gasteiger charge is -2.09. The number of nitrogens with one attached hydrogen (secondary N) is 2. The number of carbonyl (C=O) groups is 1. The third-order valence-corrected chi connectivity index (χ3v) is 5.53. The highest BCUT2D eigenvalue weighted by molar-refractivity contribution is 7.89. The summed E-state index contributed by atoms with van der Waals surface area (Å²) in [4.78, 5) is 11.8. The number of hydrogen-bond acceptors (Lipinski definition) is 3. The lowest BCUT2D eigenvalue weighted by molar-refractivity contribution is -0.116. The Labute approximate surface area is 139 Å². The van der Waals surface area contributed by atoms with Crippen molar-refractivity contribution in [2.75, 3.05) is 11.9 Å². The Balaban J connectivity index is 1.70. The van der Waals surface area contributed by atoms with Gasteiger partial charge in [-0.25, -0.2) is 17.5 Å². The first-order valence-corrected chi connectivity index (χ1v) is 9.04. The molecule has 0 aliphatic carbocycles. The second-order valence-corrected chi connectivity index (χ2v) is 7.50. The maximum atomic E-state index is 12.8. The molecular weight excluding hydrogens is 331 g/mol. The smallest absolute Gasteiger partial charge is 0.240 e. The van der Waals surface area contributed by atoms with E-state index in [1.165, 1.54) is 24.3 Å². The number of amides is 1. The quantitative estimate of drug-likeness (QED) is 0.871. The van der Waals surface area contributed by atoms with Crippen molar-refractivity contribution in [1.29, 1.82) is 0 Å². The van der Waals surface area contributed by atoms with Crippen molar-refractivity contribution in [1.82, 2.24) is 4.72 Å². The first kappa shape index (κ1) is 16.6. The van der Waals surface area contributed by atoms with E-state index in [9.17, 15) is 17.6 Å². The summed E-state index contributed by atoms with van der Waals surface area (Å²) >= 11 is 0. The van der Waals surface area contributed by atoms with Gasteiger partial charge in [0, 0.05) is 12.2 Å². The predicted octanol–water partition coefficient (Wildman–Crippen LogP) is 2.40. The van der Waals surface area contributed by atoms with Crippen LogP contribution in [0.15, 0.2) is 47.4 Å². The van der Waals surface area contributed by atoms with Gasteiger partial charge < -0.3 is 5.32 Å². The molecule has 1 heterocycles. The van der Waals surface area contributed by atoms with Crippen molar-refractivity contribution >= 4 is 21.6 Å². The maximum Gasteiger partial charge on any atom is 0.240 e. The molecule has 1 atom stereocenters. The lowest BCUT2D eigenvalue weighted by Crippen LogP contribution is -2.26. The SMILES string of the molecule is C[C@@H]1C(=O)Nc2ccc(S(=O)(=O)NCCc3ccc(F)cc3)cc21. The zero-order valence-corrected chi connectivity index (χ0v) is 13.9. The van der Waals surface area contributed by atoms with E-state index < -0.39 is 10.0 Å². The highest BCUT2D eigenvalue weighted by atomic mass is 32.2. The molecular formula is C17H17FN2O3S. The van der Waals surface area contributed by atoms with Crippen LogP contribution in [0.2, 0.25) is 0 Å². The molecule has 0 saturated carbocycles. The summed E-state index contributed by atoms with van der Waals surface area (Å²) in [7, 11) is -3.66. The van der Waals surface area contributed by atoms with E-state index in [1.54, 1.807) is 25.1 Å². The topological polar surface area (TPSA) is 75.3 Å². The normalized spacial score (nSPS) is 16.8. The van der Waals surface area contributed by atoms with Crippen LogP contribution in [-0.2, 0) is 21.2 Å². The van der Waals surface area contributed by atoms with Crippen LogP contribution >= 0.6 is 0 Å². The highest BCUT2D eigenvalue weighted by Crippen LogP contribution is 2.33. The number of halogens is 1. The average Bonchev–Trinajstić information content (AvgIpc) is 2.83. The van der Waals surface area contributed by atoms with Crippen molar-refractivity contribution in [3.8, 4) is 0 Å². The van der Waals surface area contributed by atoms with Crippen LogP contribution in [0.1, 0.15) is 24.0 Å². The Morgan fingerprint density at radius 3 is 2.58 bits per heavy atom. The second-order valence-electron chi connectivity index (χ2n) is 5.73. The van der Waals surface area contributed by atoms with E-state index in [1.807, 2.05) is 0 Å². The van der Waals surface area contributed by atoms with Crippen LogP contribution in [0.25, 0.3) is 0 Å². The van der Waals surface area contributed by atoms with Gasteiger partial charge in [0.1, 0.15) is 5.82 Å². The van der Waals surface area contributed by atoms with Gasteiger partial charge in [0.05, 0.1) is 10.8 Å². The summed E-state index contributed by atoms with van der Waals surface area (Å²) in [5.41, 5.74) is 2.18. The fourth-order valence-corrected chi connectivity index (χ4v) is 3.69. The van der Waals surface area contributed by atoms with Crippen LogP contribution in [0.3, 0.4) is 0 Å². The Hall–Kier alpha value is -2.25. The molecule has 0 unspecified atom stereocenters. The minimum Gasteiger partial charge on any atom is -0.325 e. The van der Waals surface area contributed by atoms with E-state index in [0.717, 1.165) is 5.56 Å². The average molecular weight is 348 g/mol. The van der Waals surface area contributed by atoms with Crippen LogP contribution in [0.4, 0.5) is 10.1 Å². The van der Waals surface area contributed by atoms with Gasteiger partial charge in [-0.1, -0.05) is 12.1 Å². The molecule has 7 heteroatoms. The Morgan fingerprint density at radius 2 is 1.88 bits per heavy atom. The number of carbonyl (C=O) groups excluding carboxylic acids is 1. The van der Waals surface area contributed by atoms with Crippen LogP contribution in [0.5, 0.6) is 0 Å². The monoisotopic (exact) mass is 348 g/mol. The molecule has 0 saturated heterocycles. The molecule has 2 aromatic carbocycles. The molecule has 3 rings (SSSR count). The van der Waals surface area contributed by atoms with Crippen LogP contribution in [0, 0.1) is 5.82 Å². The van der Waals surface area contributed by atoms with Gasteiger partial charge in [0.15, 0.2) is 0 Å². The summed E-state index contributed by atoms with van der Waals surface area (Å²) < 4.78 is 40.2. The van der Waals surface area contributed by atoms with Crippen LogP contribution in [-0.4, -0.2) is 20.9 Å². The number of rotatable bonds is 5. The number of hydrogen-bond donors (Lipinski definition) is 2. The minimum atomic E-state index is -3.66. The second kappa shape index (κ2) is 6.33. The molecule has 0 fully saturated rings. The third-order valence-electron chi connectivity index (χ3n) is 4.07. The van der Waals surface area contributed by atoms with E-state index in [2.05, 4.69) is 10.0 Å². The molecule has 24 heavy (non-hydrogen) atoms. The summed E-state index contributed by atoms with van der Waals surface area (Å²) in [6.07, 6.45) is 0.459. The van der Waals surface area contributed by atoms with Crippen molar-refractivity contribution in [3.63, 3.8) is 0 Å². The number of fused-ring (bicyclic) bond motifs is 1.